The molecule has 0 radical (unpaired) electrons. The predicted molar refractivity (Wildman–Crippen MR) is 123 cm³/mol. The van der Waals surface area contributed by atoms with Gasteiger partial charge in [0.05, 0.1) is 18.8 Å². The minimum atomic E-state index is -0.0496. The van der Waals surface area contributed by atoms with Gasteiger partial charge in [0.25, 0.3) is 0 Å². The van der Waals surface area contributed by atoms with Crippen LogP contribution in [0.1, 0.15) is 48.3 Å². The fourth-order valence-electron chi connectivity index (χ4n) is 4.31. The Bertz CT molecular complexity index is 1030. The number of nitrogens with one attached hydrogen (secondary N) is 1. The molecule has 0 saturated carbocycles. The second-order valence-electron chi connectivity index (χ2n) is 8.05. The standard InChI is InChI=1S/C26H29N3O2/c1-19(30)27-22-14-12-20(13-15-22)18-29-16-6-10-25(29)24-9-5-8-23(28-24)17-21-7-3-4-11-26(21)31-2/h3-5,7-9,11-15,25H,6,10,16-18H2,1-2H3,(H,27,30)/t25-/m0/s1. The zero-order valence-electron chi connectivity index (χ0n) is 18.2. The average Bonchev–Trinajstić information content (AvgIpc) is 3.23. The third-order valence-electron chi connectivity index (χ3n) is 5.76. The molecule has 1 fully saturated rings. The summed E-state index contributed by atoms with van der Waals surface area (Å²) in [5.74, 6) is 0.853. The summed E-state index contributed by atoms with van der Waals surface area (Å²) in [5.41, 5.74) is 5.43. The van der Waals surface area contributed by atoms with E-state index in [-0.39, 0.29) is 5.91 Å². The lowest BCUT2D eigenvalue weighted by Crippen LogP contribution is -2.23. The predicted octanol–water partition coefficient (Wildman–Crippen LogP) is 4.98. The molecule has 3 aromatic rings. The fourth-order valence-corrected chi connectivity index (χ4v) is 4.31. The Labute approximate surface area is 184 Å². The van der Waals surface area contributed by atoms with E-state index >= 15 is 0 Å². The number of hydrogen-bond donors (Lipinski definition) is 1. The van der Waals surface area contributed by atoms with Crippen LogP contribution in [-0.4, -0.2) is 29.4 Å². The molecule has 4 rings (SSSR count). The Morgan fingerprint density at radius 1 is 1.10 bits per heavy atom. The van der Waals surface area contributed by atoms with Crippen molar-refractivity contribution in [3.8, 4) is 5.75 Å². The number of benzene rings is 2. The lowest BCUT2D eigenvalue weighted by Gasteiger charge is -2.24. The summed E-state index contributed by atoms with van der Waals surface area (Å²) >= 11 is 0. The number of aromatic nitrogens is 1. The van der Waals surface area contributed by atoms with Gasteiger partial charge in [0, 0.05) is 36.8 Å². The Balaban J connectivity index is 1.47. The molecule has 160 valence electrons. The smallest absolute Gasteiger partial charge is 0.221 e. The van der Waals surface area contributed by atoms with Crippen molar-refractivity contribution in [3.63, 3.8) is 0 Å². The molecule has 0 aliphatic carbocycles. The van der Waals surface area contributed by atoms with Crippen molar-refractivity contribution < 1.29 is 9.53 Å². The normalized spacial score (nSPS) is 16.3. The maximum atomic E-state index is 11.2. The van der Waals surface area contributed by atoms with Gasteiger partial charge >= 0.3 is 0 Å². The van der Waals surface area contributed by atoms with Crippen LogP contribution in [0.2, 0.25) is 0 Å². The third kappa shape index (κ3) is 5.30. The summed E-state index contributed by atoms with van der Waals surface area (Å²) in [7, 11) is 1.71. The van der Waals surface area contributed by atoms with Gasteiger partial charge in [-0.15, -0.1) is 0 Å². The van der Waals surface area contributed by atoms with Gasteiger partial charge in [0.15, 0.2) is 0 Å². The van der Waals surface area contributed by atoms with Crippen molar-refractivity contribution in [1.82, 2.24) is 9.88 Å². The molecule has 1 aliphatic heterocycles. The first kappa shape index (κ1) is 21.1. The SMILES string of the molecule is COc1ccccc1Cc1cccc([C@@H]2CCCN2Cc2ccc(NC(C)=O)cc2)n1. The number of nitrogens with zero attached hydrogens (tertiary/aromatic N) is 2. The molecule has 1 aromatic heterocycles. The monoisotopic (exact) mass is 415 g/mol. The van der Waals surface area contributed by atoms with Crippen LogP contribution in [-0.2, 0) is 17.8 Å². The van der Waals surface area contributed by atoms with E-state index in [0.717, 1.165) is 54.3 Å². The molecule has 1 saturated heterocycles. The second kappa shape index (κ2) is 9.75. The molecule has 1 amide bonds. The first-order valence-corrected chi connectivity index (χ1v) is 10.8. The number of pyridine rings is 1. The molecule has 2 aromatic carbocycles. The highest BCUT2D eigenvalue weighted by atomic mass is 16.5. The Morgan fingerprint density at radius 2 is 1.90 bits per heavy atom. The molecular weight excluding hydrogens is 386 g/mol. The second-order valence-corrected chi connectivity index (χ2v) is 8.05. The number of carbonyl (C=O) groups excluding carboxylic acids is 1. The average molecular weight is 416 g/mol. The lowest BCUT2D eigenvalue weighted by molar-refractivity contribution is -0.114. The van der Waals surface area contributed by atoms with Gasteiger partial charge in [-0.05, 0) is 55.3 Å². The topological polar surface area (TPSA) is 54.5 Å². The van der Waals surface area contributed by atoms with E-state index in [1.165, 1.54) is 18.9 Å². The summed E-state index contributed by atoms with van der Waals surface area (Å²) in [4.78, 5) is 18.7. The summed E-state index contributed by atoms with van der Waals surface area (Å²) in [6.07, 6.45) is 3.05. The first-order valence-electron chi connectivity index (χ1n) is 10.8. The van der Waals surface area contributed by atoms with E-state index in [1.807, 2.05) is 30.3 Å². The molecule has 0 unspecified atom stereocenters. The molecule has 0 spiro atoms. The molecule has 1 N–H and O–H groups in total. The van der Waals surface area contributed by atoms with E-state index < -0.39 is 0 Å². The van der Waals surface area contributed by atoms with Crippen molar-refractivity contribution in [1.29, 1.82) is 0 Å². The van der Waals surface area contributed by atoms with E-state index in [1.54, 1.807) is 7.11 Å². The number of para-hydroxylation sites is 1. The van der Waals surface area contributed by atoms with Crippen molar-refractivity contribution in [3.05, 3.63) is 89.2 Å². The lowest BCUT2D eigenvalue weighted by atomic mass is 10.1. The highest BCUT2D eigenvalue weighted by Gasteiger charge is 2.27. The van der Waals surface area contributed by atoms with Crippen molar-refractivity contribution in [2.24, 2.45) is 0 Å². The van der Waals surface area contributed by atoms with Crippen LogP contribution in [0.3, 0.4) is 0 Å². The van der Waals surface area contributed by atoms with Gasteiger partial charge in [-0.1, -0.05) is 36.4 Å². The number of hydrogen-bond acceptors (Lipinski definition) is 4. The summed E-state index contributed by atoms with van der Waals surface area (Å²) in [5, 5.41) is 2.82. The van der Waals surface area contributed by atoms with Gasteiger partial charge in [0.1, 0.15) is 5.75 Å². The summed E-state index contributed by atoms with van der Waals surface area (Å²) in [6.45, 7) is 3.47. The Hall–Kier alpha value is -3.18. The number of rotatable bonds is 7. The maximum absolute atomic E-state index is 11.2. The highest BCUT2D eigenvalue weighted by Crippen LogP contribution is 2.32. The van der Waals surface area contributed by atoms with Gasteiger partial charge in [-0.3, -0.25) is 14.7 Å². The van der Waals surface area contributed by atoms with Crippen LogP contribution >= 0.6 is 0 Å². The largest absolute Gasteiger partial charge is 0.496 e. The molecular formula is C26H29N3O2. The van der Waals surface area contributed by atoms with Crippen LogP contribution in [0, 0.1) is 0 Å². The molecule has 0 bridgehead atoms. The fraction of sp³-hybridized carbons (Fsp3) is 0.308. The van der Waals surface area contributed by atoms with Crippen LogP contribution in [0.25, 0.3) is 0 Å². The van der Waals surface area contributed by atoms with Gasteiger partial charge in [0.2, 0.25) is 5.91 Å². The Kier molecular flexibility index (Phi) is 6.63. The van der Waals surface area contributed by atoms with E-state index in [2.05, 4.69) is 46.6 Å². The van der Waals surface area contributed by atoms with E-state index in [9.17, 15) is 4.79 Å². The van der Waals surface area contributed by atoms with Crippen molar-refractivity contribution in [2.45, 2.75) is 38.8 Å². The Morgan fingerprint density at radius 3 is 2.68 bits per heavy atom. The molecule has 5 heteroatoms. The summed E-state index contributed by atoms with van der Waals surface area (Å²) < 4.78 is 5.50. The van der Waals surface area contributed by atoms with Gasteiger partial charge in [-0.2, -0.15) is 0 Å². The van der Waals surface area contributed by atoms with E-state index in [0.29, 0.717) is 6.04 Å². The molecule has 5 nitrogen and oxygen atoms in total. The van der Waals surface area contributed by atoms with E-state index in [4.69, 9.17) is 9.72 Å². The highest BCUT2D eigenvalue weighted by molar-refractivity contribution is 5.88. The van der Waals surface area contributed by atoms with Gasteiger partial charge < -0.3 is 10.1 Å². The number of anilines is 1. The number of likely N-dealkylation sites (tertiary alicyclic amines) is 1. The molecule has 31 heavy (non-hydrogen) atoms. The van der Waals surface area contributed by atoms with Crippen LogP contribution in [0.4, 0.5) is 5.69 Å². The molecule has 1 aliphatic rings. The van der Waals surface area contributed by atoms with Crippen LogP contribution in [0.5, 0.6) is 5.75 Å². The maximum Gasteiger partial charge on any atom is 0.221 e. The molecule has 2 heterocycles. The zero-order chi connectivity index (χ0) is 21.6. The number of ether oxygens (including phenoxy) is 1. The summed E-state index contributed by atoms with van der Waals surface area (Å²) in [6, 6.07) is 22.9. The quantitative estimate of drug-likeness (QED) is 0.592. The van der Waals surface area contributed by atoms with Crippen LogP contribution in [0.15, 0.2) is 66.7 Å². The molecule has 1 atom stereocenters. The zero-order valence-corrected chi connectivity index (χ0v) is 18.2. The number of amides is 1. The van der Waals surface area contributed by atoms with Gasteiger partial charge in [-0.25, -0.2) is 0 Å². The van der Waals surface area contributed by atoms with Crippen molar-refractivity contribution in [2.75, 3.05) is 19.0 Å². The number of carbonyl (C=O) groups is 1. The number of methoxy groups -OCH3 is 1. The van der Waals surface area contributed by atoms with Crippen LogP contribution < -0.4 is 10.1 Å². The first-order chi connectivity index (χ1) is 15.1. The third-order valence-corrected chi connectivity index (χ3v) is 5.76. The van der Waals surface area contributed by atoms with Crippen molar-refractivity contribution >= 4 is 11.6 Å². The minimum absolute atomic E-state index is 0.0496. The minimum Gasteiger partial charge on any atom is -0.496 e.